The van der Waals surface area contributed by atoms with Gasteiger partial charge in [-0.2, -0.15) is 0 Å². The monoisotopic (exact) mass is 338 g/mol. The molecule has 5 unspecified atom stereocenters. The maximum absolute atomic E-state index is 10.5. The van der Waals surface area contributed by atoms with Gasteiger partial charge in [-0.05, 0) is 41.8 Å². The molecule has 1 aromatic heterocycles. The van der Waals surface area contributed by atoms with Crippen LogP contribution in [0.3, 0.4) is 0 Å². The van der Waals surface area contributed by atoms with Crippen LogP contribution in [0.4, 0.5) is 0 Å². The third-order valence-electron chi connectivity index (χ3n) is 3.64. The molecule has 1 saturated heterocycles. The topological polar surface area (TPSA) is 29.5 Å². The van der Waals surface area contributed by atoms with Crippen LogP contribution in [-0.2, 0) is 4.74 Å². The largest absolute Gasteiger partial charge is 0.387 e. The fourth-order valence-electron chi connectivity index (χ4n) is 2.54. The van der Waals surface area contributed by atoms with Crippen LogP contribution in [0.1, 0.15) is 31.8 Å². The Morgan fingerprint density at radius 2 is 2.06 bits per heavy atom. The van der Waals surface area contributed by atoms with E-state index in [4.69, 9.17) is 16.3 Å². The fourth-order valence-corrected chi connectivity index (χ4v) is 4.33. The van der Waals surface area contributed by atoms with Crippen LogP contribution in [0.15, 0.2) is 9.85 Å². The van der Waals surface area contributed by atoms with E-state index in [0.29, 0.717) is 10.9 Å². The zero-order valence-corrected chi connectivity index (χ0v) is 13.1. The first kappa shape index (κ1) is 13.8. The molecule has 0 bridgehead atoms. The minimum Gasteiger partial charge on any atom is -0.387 e. The number of aliphatic hydroxyl groups is 1. The molecule has 1 fully saturated rings. The minimum absolute atomic E-state index is 0.0784. The molecule has 2 rings (SSSR count). The van der Waals surface area contributed by atoms with Crippen molar-refractivity contribution in [2.75, 3.05) is 0 Å². The third-order valence-corrected chi connectivity index (χ3v) is 6.18. The molecule has 0 radical (unpaired) electrons. The van der Waals surface area contributed by atoms with Crippen molar-refractivity contribution in [3.8, 4) is 0 Å². The number of aliphatic hydroxyl groups excluding tert-OH is 1. The van der Waals surface area contributed by atoms with Gasteiger partial charge >= 0.3 is 0 Å². The molecule has 5 atom stereocenters. The average molecular weight is 340 g/mol. The molecular formula is C12H16BrClO2S. The molecule has 0 aromatic carbocycles. The molecule has 1 aromatic rings. The summed E-state index contributed by atoms with van der Waals surface area (Å²) in [6, 6.07) is 1.84. The van der Waals surface area contributed by atoms with Crippen molar-refractivity contribution in [1.82, 2.24) is 0 Å². The van der Waals surface area contributed by atoms with Crippen molar-refractivity contribution >= 4 is 38.9 Å². The second-order valence-corrected chi connectivity index (χ2v) is 7.51. The van der Waals surface area contributed by atoms with Crippen molar-refractivity contribution in [3.63, 3.8) is 0 Å². The maximum Gasteiger partial charge on any atom is 0.0939 e. The van der Waals surface area contributed by atoms with Gasteiger partial charge in [0.15, 0.2) is 0 Å². The molecular weight excluding hydrogens is 324 g/mol. The number of hydrogen-bond donors (Lipinski definition) is 1. The molecule has 0 spiro atoms. The highest BCUT2D eigenvalue weighted by Crippen LogP contribution is 2.44. The number of thiophene rings is 1. The summed E-state index contributed by atoms with van der Waals surface area (Å²) in [6.07, 6.45) is -0.225. The summed E-state index contributed by atoms with van der Waals surface area (Å²) in [5, 5.41) is 11.1. The minimum atomic E-state index is -0.501. The second kappa shape index (κ2) is 5.17. The Labute approximate surface area is 119 Å². The van der Waals surface area contributed by atoms with Crippen LogP contribution in [0.2, 0.25) is 5.02 Å². The molecule has 1 aliphatic heterocycles. The quantitative estimate of drug-likeness (QED) is 0.872. The van der Waals surface area contributed by atoms with E-state index in [0.717, 1.165) is 8.66 Å². The highest BCUT2D eigenvalue weighted by Gasteiger charge is 2.42. The van der Waals surface area contributed by atoms with Crippen LogP contribution in [-0.4, -0.2) is 17.3 Å². The van der Waals surface area contributed by atoms with E-state index in [1.54, 1.807) is 0 Å². The van der Waals surface area contributed by atoms with Gasteiger partial charge in [0.25, 0.3) is 0 Å². The van der Waals surface area contributed by atoms with Gasteiger partial charge < -0.3 is 9.84 Å². The highest BCUT2D eigenvalue weighted by molar-refractivity contribution is 9.11. The molecule has 17 heavy (non-hydrogen) atoms. The summed E-state index contributed by atoms with van der Waals surface area (Å²) >= 11 is 10.9. The van der Waals surface area contributed by atoms with Crippen LogP contribution >= 0.6 is 38.9 Å². The third kappa shape index (κ3) is 2.56. The highest BCUT2D eigenvalue weighted by atomic mass is 79.9. The number of ether oxygens (including phenoxy) is 1. The van der Waals surface area contributed by atoms with Crippen molar-refractivity contribution < 1.29 is 9.84 Å². The summed E-state index contributed by atoms with van der Waals surface area (Å²) in [6.45, 7) is 6.22. The van der Waals surface area contributed by atoms with Crippen LogP contribution in [0.5, 0.6) is 0 Å². The molecule has 1 N–H and O–H groups in total. The van der Waals surface area contributed by atoms with E-state index >= 15 is 0 Å². The summed E-state index contributed by atoms with van der Waals surface area (Å²) in [7, 11) is 0. The van der Waals surface area contributed by atoms with E-state index < -0.39 is 6.10 Å². The van der Waals surface area contributed by atoms with E-state index in [9.17, 15) is 5.11 Å². The standard InChI is InChI=1S/C12H16BrClO2S/c1-5-6(2)16-7(3)10(5)11(15)9-4-8(14)12(13)17-9/h4-7,10-11,15H,1-3H3. The Bertz CT molecular complexity index is 390. The average Bonchev–Trinajstić information content (AvgIpc) is 2.70. The lowest BCUT2D eigenvalue weighted by molar-refractivity contribution is 0.0242. The molecule has 2 heterocycles. The molecule has 0 aliphatic carbocycles. The van der Waals surface area contributed by atoms with Gasteiger partial charge in [-0.3, -0.25) is 0 Å². The van der Waals surface area contributed by atoms with E-state index in [1.807, 2.05) is 13.0 Å². The summed E-state index contributed by atoms with van der Waals surface area (Å²) in [5.41, 5.74) is 0. The first-order chi connectivity index (χ1) is 7.91. The maximum atomic E-state index is 10.5. The second-order valence-electron chi connectivity index (χ2n) is 4.70. The van der Waals surface area contributed by atoms with Crippen LogP contribution in [0, 0.1) is 11.8 Å². The Morgan fingerprint density at radius 3 is 2.47 bits per heavy atom. The van der Waals surface area contributed by atoms with Crippen LogP contribution < -0.4 is 0 Å². The molecule has 0 saturated carbocycles. The SMILES string of the molecule is CC1OC(C)C(C(O)c2cc(Cl)c(Br)s2)C1C. The summed E-state index contributed by atoms with van der Waals surface area (Å²) in [4.78, 5) is 0.906. The molecule has 96 valence electrons. The summed E-state index contributed by atoms with van der Waals surface area (Å²) < 4.78 is 6.64. The number of hydrogen-bond acceptors (Lipinski definition) is 3. The van der Waals surface area contributed by atoms with E-state index in [-0.39, 0.29) is 18.1 Å². The van der Waals surface area contributed by atoms with Crippen molar-refractivity contribution in [1.29, 1.82) is 0 Å². The Kier molecular flexibility index (Phi) is 4.20. The zero-order chi connectivity index (χ0) is 12.7. The Hall–Kier alpha value is 0.390. The smallest absolute Gasteiger partial charge is 0.0939 e. The van der Waals surface area contributed by atoms with Crippen LogP contribution in [0.25, 0.3) is 0 Å². The lowest BCUT2D eigenvalue weighted by Gasteiger charge is -2.23. The first-order valence-corrected chi connectivity index (χ1v) is 7.68. The van der Waals surface area contributed by atoms with Crippen molar-refractivity contribution in [3.05, 3.63) is 19.8 Å². The Balaban J connectivity index is 2.22. The van der Waals surface area contributed by atoms with Gasteiger partial charge in [0.1, 0.15) is 0 Å². The van der Waals surface area contributed by atoms with Gasteiger partial charge in [0.2, 0.25) is 0 Å². The predicted octanol–water partition coefficient (Wildman–Crippen LogP) is 4.26. The van der Waals surface area contributed by atoms with Gasteiger partial charge in [0.05, 0.1) is 27.1 Å². The first-order valence-electron chi connectivity index (χ1n) is 5.70. The van der Waals surface area contributed by atoms with Gasteiger partial charge in [-0.25, -0.2) is 0 Å². The lowest BCUT2D eigenvalue weighted by Crippen LogP contribution is -2.24. The lowest BCUT2D eigenvalue weighted by atomic mass is 9.84. The van der Waals surface area contributed by atoms with E-state index in [2.05, 4.69) is 29.8 Å². The predicted molar refractivity (Wildman–Crippen MR) is 74.7 cm³/mol. The zero-order valence-electron chi connectivity index (χ0n) is 9.98. The molecule has 2 nitrogen and oxygen atoms in total. The van der Waals surface area contributed by atoms with Crippen molar-refractivity contribution in [2.45, 2.75) is 39.1 Å². The number of rotatable bonds is 2. The van der Waals surface area contributed by atoms with Gasteiger partial charge in [-0.1, -0.05) is 18.5 Å². The number of halogens is 2. The molecule has 1 aliphatic rings. The molecule has 0 amide bonds. The van der Waals surface area contributed by atoms with Gasteiger partial charge in [-0.15, -0.1) is 11.3 Å². The van der Waals surface area contributed by atoms with Crippen molar-refractivity contribution in [2.24, 2.45) is 11.8 Å². The van der Waals surface area contributed by atoms with Gasteiger partial charge in [0, 0.05) is 10.8 Å². The van der Waals surface area contributed by atoms with E-state index in [1.165, 1.54) is 11.3 Å². The Morgan fingerprint density at radius 1 is 1.41 bits per heavy atom. The summed E-state index contributed by atoms with van der Waals surface area (Å²) in [5.74, 6) is 0.478. The fraction of sp³-hybridized carbons (Fsp3) is 0.667. The normalized spacial score (nSPS) is 35.2. The molecule has 5 heteroatoms.